The second-order valence-corrected chi connectivity index (χ2v) is 7.84. The average molecular weight is 426 g/mol. The molecule has 1 aromatic carbocycles. The van der Waals surface area contributed by atoms with E-state index in [4.69, 9.17) is 0 Å². The normalized spacial score (nSPS) is 20.9. The fraction of sp³-hybridized carbons (Fsp3) is 0.273. The number of piperazine rings is 1. The molecule has 20 heavy (non-hydrogen) atoms. The van der Waals surface area contributed by atoms with Crippen molar-refractivity contribution in [3.8, 4) is 0 Å². The molecule has 1 aliphatic rings. The third kappa shape index (κ3) is 2.80. The molecule has 0 aromatic heterocycles. The van der Waals surface area contributed by atoms with Crippen LogP contribution in [0.2, 0.25) is 0 Å². The van der Waals surface area contributed by atoms with Gasteiger partial charge in [0.2, 0.25) is 21.8 Å². The van der Waals surface area contributed by atoms with Crippen LogP contribution < -0.4 is 5.32 Å². The molecule has 1 atom stereocenters. The number of hydrogen-bond acceptors (Lipinski definition) is 4. The van der Waals surface area contributed by atoms with Crippen LogP contribution in [0, 0.1) is 0 Å². The average Bonchev–Trinajstić information content (AvgIpc) is 2.36. The largest absolute Gasteiger partial charge is 0.294 e. The van der Waals surface area contributed by atoms with Crippen LogP contribution in [0.1, 0.15) is 6.92 Å². The van der Waals surface area contributed by atoms with Gasteiger partial charge in [0.25, 0.3) is 0 Å². The zero-order valence-corrected chi connectivity index (χ0v) is 14.2. The van der Waals surface area contributed by atoms with Gasteiger partial charge in [-0.3, -0.25) is 14.9 Å². The van der Waals surface area contributed by atoms with E-state index in [1.807, 2.05) is 0 Å². The van der Waals surface area contributed by atoms with Crippen LogP contribution in [0.25, 0.3) is 0 Å². The molecule has 1 saturated heterocycles. The van der Waals surface area contributed by atoms with Crippen molar-refractivity contribution in [2.75, 3.05) is 6.54 Å². The number of carbonyl (C=O) groups excluding carboxylic acids is 2. The van der Waals surface area contributed by atoms with E-state index in [0.29, 0.717) is 8.95 Å². The van der Waals surface area contributed by atoms with Gasteiger partial charge in [0.1, 0.15) is 6.04 Å². The highest BCUT2D eigenvalue weighted by atomic mass is 79.9. The summed E-state index contributed by atoms with van der Waals surface area (Å²) in [5.41, 5.74) is 0. The van der Waals surface area contributed by atoms with Gasteiger partial charge in [-0.1, -0.05) is 15.9 Å². The maximum Gasteiger partial charge on any atom is 0.245 e. The molecule has 1 N–H and O–H groups in total. The predicted octanol–water partition coefficient (Wildman–Crippen LogP) is 1.25. The van der Waals surface area contributed by atoms with Crippen molar-refractivity contribution < 1.29 is 18.0 Å². The first kappa shape index (κ1) is 15.6. The Morgan fingerprint density at radius 1 is 1.30 bits per heavy atom. The molecule has 108 valence electrons. The van der Waals surface area contributed by atoms with Crippen molar-refractivity contribution in [3.05, 3.63) is 27.1 Å². The number of imide groups is 1. The molecule has 2 rings (SSSR count). The number of hydrogen-bond donors (Lipinski definition) is 1. The Morgan fingerprint density at radius 3 is 2.60 bits per heavy atom. The molecular weight excluding hydrogens is 416 g/mol. The lowest BCUT2D eigenvalue weighted by Crippen LogP contribution is -2.58. The molecule has 1 fully saturated rings. The Balaban J connectivity index is 2.51. The van der Waals surface area contributed by atoms with E-state index in [2.05, 4.69) is 37.2 Å². The van der Waals surface area contributed by atoms with Crippen molar-refractivity contribution in [2.45, 2.75) is 17.9 Å². The number of sulfonamides is 1. The molecule has 2 amide bonds. The number of rotatable bonds is 2. The number of amides is 2. The highest BCUT2D eigenvalue weighted by molar-refractivity contribution is 9.11. The summed E-state index contributed by atoms with van der Waals surface area (Å²) in [5, 5.41) is 2.10. The maximum absolute atomic E-state index is 12.6. The lowest BCUT2D eigenvalue weighted by atomic mass is 10.2. The number of nitrogens with zero attached hydrogens (tertiary/aromatic N) is 1. The van der Waals surface area contributed by atoms with Crippen molar-refractivity contribution in [3.63, 3.8) is 0 Å². The molecule has 1 unspecified atom stereocenters. The maximum atomic E-state index is 12.6. The molecule has 0 saturated carbocycles. The third-order valence-electron chi connectivity index (χ3n) is 2.85. The number of halogens is 2. The van der Waals surface area contributed by atoms with E-state index in [1.54, 1.807) is 12.1 Å². The predicted molar refractivity (Wildman–Crippen MR) is 78.3 cm³/mol. The fourth-order valence-corrected chi connectivity index (χ4v) is 4.80. The van der Waals surface area contributed by atoms with Gasteiger partial charge in [-0.15, -0.1) is 0 Å². The van der Waals surface area contributed by atoms with Crippen LogP contribution in [0.15, 0.2) is 32.0 Å². The first-order valence-electron chi connectivity index (χ1n) is 5.54. The Hall–Kier alpha value is -0.770. The molecule has 6 nitrogen and oxygen atoms in total. The van der Waals surface area contributed by atoms with Gasteiger partial charge in [0.15, 0.2) is 0 Å². The molecular formula is C11H10Br2N2O4S. The first-order chi connectivity index (χ1) is 9.23. The Labute approximate surface area is 132 Å². The van der Waals surface area contributed by atoms with Crippen molar-refractivity contribution in [1.29, 1.82) is 0 Å². The second kappa shape index (κ2) is 5.55. The lowest BCUT2D eigenvalue weighted by molar-refractivity contribution is -0.136. The van der Waals surface area contributed by atoms with Crippen LogP contribution in [0.3, 0.4) is 0 Å². The third-order valence-corrected chi connectivity index (χ3v) is 6.26. The zero-order chi connectivity index (χ0) is 15.1. The topological polar surface area (TPSA) is 83.6 Å². The van der Waals surface area contributed by atoms with Gasteiger partial charge < -0.3 is 0 Å². The smallest absolute Gasteiger partial charge is 0.245 e. The first-order valence-corrected chi connectivity index (χ1v) is 8.56. The lowest BCUT2D eigenvalue weighted by Gasteiger charge is -2.30. The van der Waals surface area contributed by atoms with E-state index in [9.17, 15) is 18.0 Å². The minimum atomic E-state index is -3.96. The van der Waals surface area contributed by atoms with Crippen molar-refractivity contribution in [2.24, 2.45) is 0 Å². The highest BCUT2D eigenvalue weighted by Crippen LogP contribution is 2.29. The SMILES string of the molecule is CC1C(=O)NC(=O)CN1S(=O)(=O)c1cc(Br)ccc1Br. The molecule has 1 heterocycles. The number of carbonyl (C=O) groups is 2. The van der Waals surface area contributed by atoms with Crippen LogP contribution in [-0.2, 0) is 19.6 Å². The molecule has 0 spiro atoms. The summed E-state index contributed by atoms with van der Waals surface area (Å²) in [5.74, 6) is -1.27. The summed E-state index contributed by atoms with van der Waals surface area (Å²) in [6, 6.07) is 3.74. The molecule has 0 bridgehead atoms. The van der Waals surface area contributed by atoms with Crippen LogP contribution in [-0.4, -0.2) is 37.1 Å². The number of nitrogens with one attached hydrogen (secondary N) is 1. The van der Waals surface area contributed by atoms with Gasteiger partial charge in [0.05, 0.1) is 11.4 Å². The summed E-state index contributed by atoms with van der Waals surface area (Å²) < 4.78 is 27.0. The van der Waals surface area contributed by atoms with Gasteiger partial charge in [-0.05, 0) is 41.1 Å². The summed E-state index contributed by atoms with van der Waals surface area (Å²) in [6.07, 6.45) is 0. The van der Waals surface area contributed by atoms with E-state index in [-0.39, 0.29) is 11.4 Å². The van der Waals surface area contributed by atoms with Crippen LogP contribution in [0.5, 0.6) is 0 Å². The van der Waals surface area contributed by atoms with Gasteiger partial charge >= 0.3 is 0 Å². The van der Waals surface area contributed by atoms with Crippen LogP contribution >= 0.6 is 31.9 Å². The second-order valence-electron chi connectivity index (χ2n) is 4.21. The van der Waals surface area contributed by atoms with Gasteiger partial charge in [-0.25, -0.2) is 8.42 Å². The monoisotopic (exact) mass is 424 g/mol. The quantitative estimate of drug-likeness (QED) is 0.722. The molecule has 0 radical (unpaired) electrons. The Bertz CT molecular complexity index is 690. The summed E-state index contributed by atoms with van der Waals surface area (Å²) >= 11 is 6.37. The Morgan fingerprint density at radius 2 is 1.95 bits per heavy atom. The minimum absolute atomic E-state index is 0.00113. The molecule has 9 heteroatoms. The summed E-state index contributed by atoms with van der Waals surface area (Å²) in [4.78, 5) is 23.0. The van der Waals surface area contributed by atoms with Crippen molar-refractivity contribution in [1.82, 2.24) is 9.62 Å². The molecule has 1 aliphatic heterocycles. The van der Waals surface area contributed by atoms with Crippen LogP contribution in [0.4, 0.5) is 0 Å². The molecule has 1 aromatic rings. The van der Waals surface area contributed by atoms with Gasteiger partial charge in [-0.2, -0.15) is 4.31 Å². The highest BCUT2D eigenvalue weighted by Gasteiger charge is 2.39. The van der Waals surface area contributed by atoms with E-state index >= 15 is 0 Å². The zero-order valence-electron chi connectivity index (χ0n) is 10.3. The summed E-state index contributed by atoms with van der Waals surface area (Å²) in [7, 11) is -3.96. The molecule has 0 aliphatic carbocycles. The fourth-order valence-electron chi connectivity index (χ4n) is 1.78. The number of benzene rings is 1. The standard InChI is InChI=1S/C11H10Br2N2O4S/c1-6-11(17)14-10(16)5-15(6)20(18,19)9-4-7(12)2-3-8(9)13/h2-4,6H,5H2,1H3,(H,14,16,17). The Kier molecular flexibility index (Phi) is 4.33. The van der Waals surface area contributed by atoms with E-state index in [1.165, 1.54) is 13.0 Å². The van der Waals surface area contributed by atoms with Crippen molar-refractivity contribution >= 4 is 53.7 Å². The minimum Gasteiger partial charge on any atom is -0.294 e. The van der Waals surface area contributed by atoms with E-state index < -0.39 is 27.9 Å². The van der Waals surface area contributed by atoms with Gasteiger partial charge in [0, 0.05) is 8.95 Å². The van der Waals surface area contributed by atoms with E-state index in [0.717, 1.165) is 4.31 Å². The summed E-state index contributed by atoms with van der Waals surface area (Å²) in [6.45, 7) is 1.05.